The van der Waals surface area contributed by atoms with Crippen LogP contribution in [0.25, 0.3) is 0 Å². The fourth-order valence-electron chi connectivity index (χ4n) is 4.14. The van der Waals surface area contributed by atoms with Crippen molar-refractivity contribution in [3.63, 3.8) is 0 Å². The van der Waals surface area contributed by atoms with Crippen molar-refractivity contribution in [1.82, 2.24) is 0 Å². The van der Waals surface area contributed by atoms with Crippen molar-refractivity contribution < 1.29 is 14.3 Å². The third-order valence-corrected chi connectivity index (χ3v) is 4.87. The van der Waals surface area contributed by atoms with Crippen LogP contribution in [0.15, 0.2) is 0 Å². The lowest BCUT2D eigenvalue weighted by atomic mass is 9.63. The molecule has 0 N–H and O–H groups in total. The first-order chi connectivity index (χ1) is 7.95. The molecule has 0 heterocycles. The molecule has 0 aromatic heterocycles. The quantitative estimate of drug-likeness (QED) is 0.695. The largest absolute Gasteiger partial charge is 0.462 e. The Morgan fingerprint density at radius 1 is 1.18 bits per heavy atom. The fourth-order valence-corrected chi connectivity index (χ4v) is 4.14. The zero-order valence-corrected chi connectivity index (χ0v) is 11.0. The van der Waals surface area contributed by atoms with Gasteiger partial charge in [0.05, 0.1) is 0 Å². The van der Waals surface area contributed by atoms with E-state index < -0.39 is 0 Å². The maximum atomic E-state index is 11.7. The van der Waals surface area contributed by atoms with Crippen molar-refractivity contribution >= 4 is 11.8 Å². The Morgan fingerprint density at radius 2 is 1.88 bits per heavy atom. The van der Waals surface area contributed by atoms with Gasteiger partial charge in [-0.05, 0) is 44.4 Å². The molecule has 0 bridgehead atoms. The van der Waals surface area contributed by atoms with Crippen LogP contribution in [0.3, 0.4) is 0 Å². The molecule has 0 saturated heterocycles. The monoisotopic (exact) mass is 238 g/mol. The molecule has 0 amide bonds. The van der Waals surface area contributed by atoms with Crippen LogP contribution in [0.5, 0.6) is 0 Å². The molecule has 96 valence electrons. The summed E-state index contributed by atoms with van der Waals surface area (Å²) in [6.07, 6.45) is 5.15. The lowest BCUT2D eigenvalue weighted by Gasteiger charge is -2.43. The van der Waals surface area contributed by atoms with Gasteiger partial charge in [-0.2, -0.15) is 0 Å². The van der Waals surface area contributed by atoms with Gasteiger partial charge in [0, 0.05) is 18.8 Å². The molecule has 3 heteroatoms. The predicted octanol–water partition coefficient (Wildman–Crippen LogP) is 2.72. The molecule has 0 aliphatic heterocycles. The van der Waals surface area contributed by atoms with Crippen LogP contribution >= 0.6 is 0 Å². The molecule has 17 heavy (non-hydrogen) atoms. The number of hydrogen-bond acceptors (Lipinski definition) is 3. The lowest BCUT2D eigenvalue weighted by Crippen LogP contribution is -2.43. The number of ether oxygens (including phenoxy) is 1. The van der Waals surface area contributed by atoms with E-state index in [9.17, 15) is 9.59 Å². The van der Waals surface area contributed by atoms with Crippen molar-refractivity contribution in [3.8, 4) is 0 Å². The third-order valence-electron chi connectivity index (χ3n) is 4.87. The zero-order chi connectivity index (χ0) is 12.6. The van der Waals surface area contributed by atoms with Gasteiger partial charge in [0.15, 0.2) is 0 Å². The van der Waals surface area contributed by atoms with E-state index in [1.165, 1.54) is 6.92 Å². The minimum atomic E-state index is -0.189. The minimum Gasteiger partial charge on any atom is -0.462 e. The number of rotatable bonds is 2. The number of esters is 1. The summed E-state index contributed by atoms with van der Waals surface area (Å²) in [5, 5.41) is 0. The van der Waals surface area contributed by atoms with Crippen LogP contribution in [0.4, 0.5) is 0 Å². The molecule has 0 aromatic rings. The maximum Gasteiger partial charge on any atom is 0.302 e. The highest BCUT2D eigenvalue weighted by molar-refractivity contribution is 5.79. The average molecular weight is 238 g/mol. The lowest BCUT2D eigenvalue weighted by molar-refractivity contribution is -0.155. The number of carbonyl (C=O) groups excluding carboxylic acids is 2. The fraction of sp³-hybridized carbons (Fsp3) is 0.857. The molecule has 0 aromatic carbocycles. The SMILES string of the molecule is CC(=O)O[C@H]1CCC[C@@]2(C)C1CC[C@@H]2C(C)=O. The van der Waals surface area contributed by atoms with Gasteiger partial charge < -0.3 is 4.74 Å². The van der Waals surface area contributed by atoms with Crippen molar-refractivity contribution in [3.05, 3.63) is 0 Å². The van der Waals surface area contributed by atoms with E-state index in [0.717, 1.165) is 32.1 Å². The van der Waals surface area contributed by atoms with Crippen LogP contribution in [0.1, 0.15) is 52.9 Å². The first kappa shape index (κ1) is 12.6. The summed E-state index contributed by atoms with van der Waals surface area (Å²) < 4.78 is 5.45. The van der Waals surface area contributed by atoms with Crippen LogP contribution in [0, 0.1) is 17.3 Å². The molecule has 2 saturated carbocycles. The van der Waals surface area contributed by atoms with Gasteiger partial charge in [0.25, 0.3) is 0 Å². The summed E-state index contributed by atoms with van der Waals surface area (Å²) in [6, 6.07) is 0. The molecular weight excluding hydrogens is 216 g/mol. The summed E-state index contributed by atoms with van der Waals surface area (Å²) >= 11 is 0. The molecule has 0 spiro atoms. The van der Waals surface area contributed by atoms with E-state index in [1.54, 1.807) is 6.92 Å². The Hall–Kier alpha value is -0.860. The van der Waals surface area contributed by atoms with Crippen molar-refractivity contribution in [1.29, 1.82) is 0 Å². The van der Waals surface area contributed by atoms with E-state index in [2.05, 4.69) is 6.92 Å². The number of fused-ring (bicyclic) bond motifs is 1. The van der Waals surface area contributed by atoms with Gasteiger partial charge >= 0.3 is 5.97 Å². The highest BCUT2D eigenvalue weighted by atomic mass is 16.5. The van der Waals surface area contributed by atoms with Crippen LogP contribution in [-0.2, 0) is 14.3 Å². The molecule has 3 nitrogen and oxygen atoms in total. The molecule has 2 rings (SSSR count). The summed E-state index contributed by atoms with van der Waals surface area (Å²) in [5.74, 6) is 0.670. The summed E-state index contributed by atoms with van der Waals surface area (Å²) in [5.41, 5.74) is 0.0597. The predicted molar refractivity (Wildman–Crippen MR) is 64.4 cm³/mol. The molecule has 1 unspecified atom stereocenters. The summed E-state index contributed by atoms with van der Waals surface area (Å²) in [6.45, 7) is 5.39. The van der Waals surface area contributed by atoms with Gasteiger partial charge in [-0.25, -0.2) is 0 Å². The smallest absolute Gasteiger partial charge is 0.302 e. The highest BCUT2D eigenvalue weighted by Crippen LogP contribution is 2.56. The summed E-state index contributed by atoms with van der Waals surface area (Å²) in [4.78, 5) is 22.9. The molecule has 4 atom stereocenters. The van der Waals surface area contributed by atoms with E-state index in [4.69, 9.17) is 4.74 Å². The maximum absolute atomic E-state index is 11.7. The van der Waals surface area contributed by atoms with Gasteiger partial charge in [-0.15, -0.1) is 0 Å². The Labute approximate surface area is 103 Å². The molecule has 2 aliphatic rings. The van der Waals surface area contributed by atoms with Gasteiger partial charge in [0.2, 0.25) is 0 Å². The second-order valence-electron chi connectivity index (χ2n) is 5.89. The average Bonchev–Trinajstić information content (AvgIpc) is 2.55. The van der Waals surface area contributed by atoms with Crippen molar-refractivity contribution in [2.45, 2.75) is 59.0 Å². The number of carbonyl (C=O) groups is 2. The van der Waals surface area contributed by atoms with E-state index >= 15 is 0 Å². The van der Waals surface area contributed by atoms with Gasteiger partial charge in [-0.3, -0.25) is 9.59 Å². The van der Waals surface area contributed by atoms with E-state index in [0.29, 0.717) is 11.7 Å². The van der Waals surface area contributed by atoms with E-state index in [1.807, 2.05) is 0 Å². The Bertz CT molecular complexity index is 336. The molecule has 0 radical (unpaired) electrons. The number of hydrogen-bond donors (Lipinski definition) is 0. The Morgan fingerprint density at radius 3 is 2.47 bits per heavy atom. The topological polar surface area (TPSA) is 43.4 Å². The normalized spacial score (nSPS) is 40.8. The van der Waals surface area contributed by atoms with Gasteiger partial charge in [0.1, 0.15) is 11.9 Å². The highest BCUT2D eigenvalue weighted by Gasteiger charge is 2.53. The Kier molecular flexibility index (Phi) is 3.28. The standard InChI is InChI=1S/C14H22O3/c1-9(15)11-6-7-12-13(17-10(2)16)5-4-8-14(11,12)3/h11-13H,4-8H2,1-3H3/t11-,12?,13+,14-/m1/s1. The minimum absolute atomic E-state index is 0.0376. The second kappa shape index (κ2) is 4.43. The van der Waals surface area contributed by atoms with Crippen molar-refractivity contribution in [2.75, 3.05) is 0 Å². The van der Waals surface area contributed by atoms with Crippen LogP contribution < -0.4 is 0 Å². The molecule has 2 aliphatic carbocycles. The van der Waals surface area contributed by atoms with Crippen LogP contribution in [-0.4, -0.2) is 17.9 Å². The molecular formula is C14H22O3. The summed E-state index contributed by atoms with van der Waals surface area (Å²) in [7, 11) is 0. The number of Topliss-reactive ketones (excluding diaryl/α,β-unsaturated/α-hetero) is 1. The van der Waals surface area contributed by atoms with Crippen molar-refractivity contribution in [2.24, 2.45) is 17.3 Å². The number of ketones is 1. The second-order valence-corrected chi connectivity index (χ2v) is 5.89. The first-order valence-electron chi connectivity index (χ1n) is 6.63. The van der Waals surface area contributed by atoms with E-state index in [-0.39, 0.29) is 23.4 Å². The zero-order valence-electron chi connectivity index (χ0n) is 11.0. The first-order valence-corrected chi connectivity index (χ1v) is 6.63. The van der Waals surface area contributed by atoms with Crippen LogP contribution in [0.2, 0.25) is 0 Å². The Balaban J connectivity index is 2.18. The molecule has 2 fully saturated rings. The third kappa shape index (κ3) is 2.12. The van der Waals surface area contributed by atoms with Gasteiger partial charge in [-0.1, -0.05) is 6.92 Å².